The molecule has 0 spiro atoms. The van der Waals surface area contributed by atoms with Crippen LogP contribution in [-0.2, 0) is 0 Å². The Morgan fingerprint density at radius 1 is 1.40 bits per heavy atom. The molecule has 3 nitrogen and oxygen atoms in total. The molecule has 20 heavy (non-hydrogen) atoms. The number of halogens is 5. The van der Waals surface area contributed by atoms with Crippen LogP contribution in [0.25, 0.3) is 0 Å². The first kappa shape index (κ1) is 16.2. The molecule has 0 unspecified atom stereocenters. The van der Waals surface area contributed by atoms with E-state index in [1.54, 1.807) is 6.07 Å². The lowest BCUT2D eigenvalue weighted by Gasteiger charge is -2.23. The van der Waals surface area contributed by atoms with E-state index in [1.807, 2.05) is 0 Å². The summed E-state index contributed by atoms with van der Waals surface area (Å²) >= 11 is 5.43. The number of rotatable bonds is 4. The maximum Gasteiger partial charge on any atom is 0.406 e. The van der Waals surface area contributed by atoms with Crippen molar-refractivity contribution in [1.82, 2.24) is 4.90 Å². The van der Waals surface area contributed by atoms with Crippen molar-refractivity contribution >= 4 is 17.5 Å². The fourth-order valence-electron chi connectivity index (χ4n) is 1.47. The van der Waals surface area contributed by atoms with Crippen molar-refractivity contribution in [3.63, 3.8) is 0 Å². The highest BCUT2D eigenvalue weighted by Crippen LogP contribution is 2.20. The third-order valence-electron chi connectivity index (χ3n) is 2.32. The van der Waals surface area contributed by atoms with Crippen LogP contribution in [0.2, 0.25) is 5.02 Å². The molecule has 0 N–H and O–H groups in total. The average Bonchev–Trinajstić information content (AvgIpc) is 2.35. The molecule has 0 aromatic heterocycles. The number of nitrogens with zero attached hydrogens (tertiary/aromatic N) is 2. The molecule has 0 aliphatic rings. The largest absolute Gasteiger partial charge is 0.406 e. The lowest BCUT2D eigenvalue weighted by Crippen LogP contribution is -2.39. The van der Waals surface area contributed by atoms with Gasteiger partial charge in [0.05, 0.1) is 17.5 Å². The van der Waals surface area contributed by atoms with Crippen molar-refractivity contribution in [1.29, 1.82) is 5.26 Å². The standard InChI is InChI=1S/C12H9ClF4N2O/c13-9-3-2-8(6-10(9)14)11(20)19(5-1-4-18)7-12(15,16)17/h2-3,6H,1,5,7H2. The summed E-state index contributed by atoms with van der Waals surface area (Å²) in [4.78, 5) is 12.3. The highest BCUT2D eigenvalue weighted by atomic mass is 35.5. The molecule has 0 bridgehead atoms. The van der Waals surface area contributed by atoms with E-state index in [-0.39, 0.29) is 23.6 Å². The van der Waals surface area contributed by atoms with Gasteiger partial charge in [-0.3, -0.25) is 4.79 Å². The SMILES string of the molecule is N#CCCN(CC(F)(F)F)C(=O)c1ccc(Cl)c(F)c1. The Hall–Kier alpha value is -1.81. The minimum atomic E-state index is -4.60. The second kappa shape index (κ2) is 6.57. The number of hydrogen-bond donors (Lipinski definition) is 0. The van der Waals surface area contributed by atoms with Gasteiger partial charge in [0.1, 0.15) is 12.4 Å². The molecule has 8 heteroatoms. The van der Waals surface area contributed by atoms with Crippen molar-refractivity contribution in [3.8, 4) is 6.07 Å². The Morgan fingerprint density at radius 3 is 2.55 bits per heavy atom. The Bertz CT molecular complexity index is 539. The Balaban J connectivity index is 2.97. The first-order valence-electron chi connectivity index (χ1n) is 5.42. The molecule has 0 aliphatic carbocycles. The molecule has 1 aromatic carbocycles. The third kappa shape index (κ3) is 4.70. The van der Waals surface area contributed by atoms with Gasteiger partial charge in [-0.15, -0.1) is 0 Å². The summed E-state index contributed by atoms with van der Waals surface area (Å²) in [5, 5.41) is 8.16. The van der Waals surface area contributed by atoms with Crippen molar-refractivity contribution in [3.05, 3.63) is 34.6 Å². The van der Waals surface area contributed by atoms with Crippen molar-refractivity contribution in [2.24, 2.45) is 0 Å². The van der Waals surface area contributed by atoms with Crippen LogP contribution in [0.4, 0.5) is 17.6 Å². The molecule has 0 saturated heterocycles. The summed E-state index contributed by atoms with van der Waals surface area (Å²) in [6, 6.07) is 4.63. The lowest BCUT2D eigenvalue weighted by molar-refractivity contribution is -0.140. The van der Waals surface area contributed by atoms with E-state index in [2.05, 4.69) is 0 Å². The molecule has 1 rings (SSSR count). The molecule has 0 fully saturated rings. The van der Waals surface area contributed by atoms with Crippen LogP contribution in [0.15, 0.2) is 18.2 Å². The number of alkyl halides is 3. The van der Waals surface area contributed by atoms with E-state index in [0.717, 1.165) is 18.2 Å². The van der Waals surface area contributed by atoms with E-state index in [9.17, 15) is 22.4 Å². The van der Waals surface area contributed by atoms with Crippen LogP contribution in [-0.4, -0.2) is 30.1 Å². The molecular weight excluding hydrogens is 300 g/mol. The van der Waals surface area contributed by atoms with Gasteiger partial charge in [-0.1, -0.05) is 11.6 Å². The summed E-state index contributed by atoms with van der Waals surface area (Å²) in [6.07, 6.45) is -4.85. The summed E-state index contributed by atoms with van der Waals surface area (Å²) < 4.78 is 50.4. The van der Waals surface area contributed by atoms with Crippen LogP contribution in [0.3, 0.4) is 0 Å². The van der Waals surface area contributed by atoms with Gasteiger partial charge in [-0.25, -0.2) is 4.39 Å². The number of hydrogen-bond acceptors (Lipinski definition) is 2. The molecule has 0 atom stereocenters. The predicted molar refractivity (Wildman–Crippen MR) is 63.6 cm³/mol. The van der Waals surface area contributed by atoms with Gasteiger partial charge in [-0.2, -0.15) is 18.4 Å². The first-order valence-corrected chi connectivity index (χ1v) is 5.80. The topological polar surface area (TPSA) is 44.1 Å². The van der Waals surface area contributed by atoms with E-state index >= 15 is 0 Å². The van der Waals surface area contributed by atoms with Crippen molar-refractivity contribution < 1.29 is 22.4 Å². The molecule has 1 aromatic rings. The maximum atomic E-state index is 13.2. The summed E-state index contributed by atoms with van der Waals surface area (Å²) in [5.41, 5.74) is -0.255. The van der Waals surface area contributed by atoms with Gasteiger partial charge in [0, 0.05) is 12.1 Å². The molecule has 0 aliphatic heterocycles. The van der Waals surface area contributed by atoms with Crippen LogP contribution in [0.5, 0.6) is 0 Å². The fraction of sp³-hybridized carbons (Fsp3) is 0.333. The van der Waals surface area contributed by atoms with Gasteiger partial charge >= 0.3 is 6.18 Å². The zero-order valence-electron chi connectivity index (χ0n) is 10.0. The van der Waals surface area contributed by atoms with Crippen LogP contribution >= 0.6 is 11.6 Å². The highest BCUT2D eigenvalue weighted by Gasteiger charge is 2.33. The van der Waals surface area contributed by atoms with Gasteiger partial charge in [0.15, 0.2) is 0 Å². The number of benzene rings is 1. The number of amides is 1. The number of nitriles is 1. The molecule has 0 saturated carbocycles. The second-order valence-electron chi connectivity index (χ2n) is 3.88. The van der Waals surface area contributed by atoms with E-state index in [4.69, 9.17) is 16.9 Å². The molecule has 108 valence electrons. The quantitative estimate of drug-likeness (QED) is 0.800. The lowest BCUT2D eigenvalue weighted by atomic mass is 10.2. The summed E-state index contributed by atoms with van der Waals surface area (Å²) in [6.45, 7) is -1.89. The zero-order valence-corrected chi connectivity index (χ0v) is 10.8. The highest BCUT2D eigenvalue weighted by molar-refractivity contribution is 6.30. The molecule has 1 amide bonds. The van der Waals surface area contributed by atoms with E-state index in [0.29, 0.717) is 4.90 Å². The van der Waals surface area contributed by atoms with Gasteiger partial charge in [0.2, 0.25) is 0 Å². The van der Waals surface area contributed by atoms with Crippen molar-refractivity contribution in [2.45, 2.75) is 12.6 Å². The second-order valence-corrected chi connectivity index (χ2v) is 4.29. The van der Waals surface area contributed by atoms with E-state index < -0.39 is 24.4 Å². The Kier molecular flexibility index (Phi) is 5.34. The summed E-state index contributed by atoms with van der Waals surface area (Å²) in [5.74, 6) is -1.90. The number of carbonyl (C=O) groups is 1. The van der Waals surface area contributed by atoms with Crippen LogP contribution in [0.1, 0.15) is 16.8 Å². The molecular formula is C12H9ClF4N2O. The van der Waals surface area contributed by atoms with Crippen molar-refractivity contribution in [2.75, 3.05) is 13.1 Å². The first-order chi connectivity index (χ1) is 9.24. The molecule has 0 radical (unpaired) electrons. The van der Waals surface area contributed by atoms with E-state index in [1.165, 1.54) is 0 Å². The maximum absolute atomic E-state index is 13.2. The Labute approximate surface area is 117 Å². The zero-order chi connectivity index (χ0) is 15.3. The number of carbonyl (C=O) groups excluding carboxylic acids is 1. The summed E-state index contributed by atoms with van der Waals surface area (Å²) in [7, 11) is 0. The molecule has 0 heterocycles. The minimum Gasteiger partial charge on any atom is -0.329 e. The predicted octanol–water partition coefficient (Wildman–Crippen LogP) is 3.40. The van der Waals surface area contributed by atoms with Crippen LogP contribution in [0, 0.1) is 17.1 Å². The minimum absolute atomic E-state index is 0.235. The van der Waals surface area contributed by atoms with Gasteiger partial charge in [-0.05, 0) is 18.2 Å². The fourth-order valence-corrected chi connectivity index (χ4v) is 1.58. The Morgan fingerprint density at radius 2 is 2.05 bits per heavy atom. The third-order valence-corrected chi connectivity index (χ3v) is 2.62. The normalized spacial score (nSPS) is 11.0. The van der Waals surface area contributed by atoms with Crippen LogP contribution < -0.4 is 0 Å². The average molecular weight is 309 g/mol. The smallest absolute Gasteiger partial charge is 0.329 e. The van der Waals surface area contributed by atoms with Gasteiger partial charge in [0.25, 0.3) is 5.91 Å². The van der Waals surface area contributed by atoms with Gasteiger partial charge < -0.3 is 4.90 Å². The monoisotopic (exact) mass is 308 g/mol.